The molecule has 2 aromatic carbocycles. The van der Waals surface area contributed by atoms with Crippen LogP contribution < -0.4 is 10.2 Å². The zero-order chi connectivity index (χ0) is 21.3. The topological polar surface area (TPSA) is 86.7 Å². The molecule has 0 spiro atoms. The fourth-order valence-electron chi connectivity index (χ4n) is 2.90. The number of aromatic hydroxyl groups is 1. The van der Waals surface area contributed by atoms with Crippen LogP contribution in [0.3, 0.4) is 0 Å². The number of amides is 4. The van der Waals surface area contributed by atoms with Gasteiger partial charge in [-0.25, -0.2) is 9.69 Å². The van der Waals surface area contributed by atoms with Crippen LogP contribution >= 0.6 is 31.9 Å². The maximum absolute atomic E-state index is 13.0. The van der Waals surface area contributed by atoms with E-state index >= 15 is 0 Å². The smallest absolute Gasteiger partial charge is 0.335 e. The zero-order valence-electron chi connectivity index (χ0n) is 15.3. The summed E-state index contributed by atoms with van der Waals surface area (Å²) in [6.07, 6.45) is 3.43. The molecule has 1 saturated heterocycles. The lowest BCUT2D eigenvalue weighted by Gasteiger charge is -2.26. The molecule has 0 saturated carbocycles. The van der Waals surface area contributed by atoms with Gasteiger partial charge >= 0.3 is 6.03 Å². The molecule has 2 N–H and O–H groups in total. The molecular weight excluding hydrogens is 504 g/mol. The third-order valence-corrected chi connectivity index (χ3v) is 5.84. The van der Waals surface area contributed by atoms with E-state index < -0.39 is 17.8 Å². The summed E-state index contributed by atoms with van der Waals surface area (Å²) in [6.45, 7) is 5.48. The first kappa shape index (κ1) is 21.0. The summed E-state index contributed by atoms with van der Waals surface area (Å²) < 4.78 is 1.26. The van der Waals surface area contributed by atoms with Crippen LogP contribution in [-0.2, 0) is 16.0 Å². The van der Waals surface area contributed by atoms with Gasteiger partial charge in [0.1, 0.15) is 11.3 Å². The number of anilines is 1. The van der Waals surface area contributed by atoms with E-state index in [1.54, 1.807) is 36.4 Å². The summed E-state index contributed by atoms with van der Waals surface area (Å²) in [7, 11) is 0. The van der Waals surface area contributed by atoms with Crippen molar-refractivity contribution in [3.05, 3.63) is 74.2 Å². The van der Waals surface area contributed by atoms with Crippen molar-refractivity contribution in [2.45, 2.75) is 13.3 Å². The Balaban J connectivity index is 2.06. The van der Waals surface area contributed by atoms with E-state index in [0.29, 0.717) is 27.7 Å². The number of hydrogen-bond acceptors (Lipinski definition) is 4. The second-order valence-electron chi connectivity index (χ2n) is 6.39. The quantitative estimate of drug-likeness (QED) is 0.350. The molecule has 8 heteroatoms. The first-order valence-corrected chi connectivity index (χ1v) is 10.1. The largest absolute Gasteiger partial charge is 0.506 e. The number of carbonyl (C=O) groups is 3. The summed E-state index contributed by atoms with van der Waals surface area (Å²) >= 11 is 6.65. The SMILES string of the molecule is C=CCc1cc(/C=C2\C(=O)NC(=O)N(c3ccc(Br)c(C)c3)C2=O)cc(Br)c1O. The van der Waals surface area contributed by atoms with Gasteiger partial charge in [0.05, 0.1) is 10.2 Å². The number of urea groups is 1. The van der Waals surface area contributed by atoms with E-state index in [1.165, 1.54) is 6.08 Å². The summed E-state index contributed by atoms with van der Waals surface area (Å²) in [6, 6.07) is 7.44. The van der Waals surface area contributed by atoms with Gasteiger partial charge in [0.25, 0.3) is 11.8 Å². The van der Waals surface area contributed by atoms with Crippen molar-refractivity contribution in [3.63, 3.8) is 0 Å². The van der Waals surface area contributed by atoms with Gasteiger partial charge in [-0.3, -0.25) is 14.9 Å². The summed E-state index contributed by atoms with van der Waals surface area (Å²) in [5.74, 6) is -1.44. The first-order chi connectivity index (χ1) is 13.7. The normalized spacial score (nSPS) is 15.6. The standard InChI is InChI=1S/C21H16Br2N2O4/c1-3-4-13-8-12(10-17(23)18(13)26)9-15-19(27)24-21(29)25(20(15)28)14-5-6-16(22)11(2)7-14/h3,5-10,26H,1,4H2,2H3,(H,24,27,29)/b15-9+. The van der Waals surface area contributed by atoms with Crippen LogP contribution in [0.1, 0.15) is 16.7 Å². The van der Waals surface area contributed by atoms with E-state index in [1.807, 2.05) is 6.92 Å². The third kappa shape index (κ3) is 4.18. The molecule has 148 valence electrons. The van der Waals surface area contributed by atoms with Crippen molar-refractivity contribution in [2.75, 3.05) is 4.90 Å². The Morgan fingerprint density at radius 2 is 1.86 bits per heavy atom. The Bertz CT molecular complexity index is 1090. The van der Waals surface area contributed by atoms with Crippen LogP contribution in [0.5, 0.6) is 5.75 Å². The van der Waals surface area contributed by atoms with Gasteiger partial charge in [-0.05, 0) is 82.4 Å². The van der Waals surface area contributed by atoms with Crippen LogP contribution in [0.2, 0.25) is 0 Å². The molecule has 29 heavy (non-hydrogen) atoms. The number of nitrogens with zero attached hydrogens (tertiary/aromatic N) is 1. The molecule has 0 radical (unpaired) electrons. The lowest BCUT2D eigenvalue weighted by Crippen LogP contribution is -2.54. The predicted molar refractivity (Wildman–Crippen MR) is 118 cm³/mol. The highest BCUT2D eigenvalue weighted by atomic mass is 79.9. The third-order valence-electron chi connectivity index (χ3n) is 4.34. The van der Waals surface area contributed by atoms with Crippen LogP contribution in [0.4, 0.5) is 10.5 Å². The number of phenolic OH excluding ortho intramolecular Hbond substituents is 1. The Labute approximate surface area is 184 Å². The number of imide groups is 2. The van der Waals surface area contributed by atoms with Gasteiger partial charge in [0, 0.05) is 4.47 Å². The lowest BCUT2D eigenvalue weighted by atomic mass is 10.0. The van der Waals surface area contributed by atoms with E-state index in [-0.39, 0.29) is 11.3 Å². The molecule has 2 aromatic rings. The summed E-state index contributed by atoms with van der Waals surface area (Å²) in [5, 5.41) is 12.3. The number of allylic oxidation sites excluding steroid dienone is 1. The molecule has 4 amide bonds. The second kappa shape index (κ2) is 8.34. The van der Waals surface area contributed by atoms with E-state index in [0.717, 1.165) is 14.9 Å². The van der Waals surface area contributed by atoms with Crippen LogP contribution in [0, 0.1) is 6.92 Å². The molecule has 3 rings (SSSR count). The second-order valence-corrected chi connectivity index (χ2v) is 8.10. The van der Waals surface area contributed by atoms with Crippen molar-refractivity contribution < 1.29 is 19.5 Å². The Hall–Kier alpha value is -2.71. The Morgan fingerprint density at radius 1 is 1.14 bits per heavy atom. The molecule has 0 unspecified atom stereocenters. The molecule has 6 nitrogen and oxygen atoms in total. The number of halogens is 2. The minimum absolute atomic E-state index is 0.0635. The van der Waals surface area contributed by atoms with Crippen LogP contribution in [-0.4, -0.2) is 23.0 Å². The van der Waals surface area contributed by atoms with Crippen molar-refractivity contribution in [1.82, 2.24) is 5.32 Å². The summed E-state index contributed by atoms with van der Waals surface area (Å²) in [5.41, 5.74) is 2.10. The minimum atomic E-state index is -0.807. The van der Waals surface area contributed by atoms with E-state index in [4.69, 9.17) is 0 Å². The van der Waals surface area contributed by atoms with Crippen molar-refractivity contribution in [1.29, 1.82) is 0 Å². The van der Waals surface area contributed by atoms with Crippen LogP contribution in [0.25, 0.3) is 6.08 Å². The number of hydrogen-bond donors (Lipinski definition) is 2. The predicted octanol–water partition coefficient (Wildman–Crippen LogP) is 4.62. The number of aryl methyl sites for hydroxylation is 1. The molecule has 0 aliphatic carbocycles. The maximum atomic E-state index is 13.0. The monoisotopic (exact) mass is 518 g/mol. The van der Waals surface area contributed by atoms with Crippen molar-refractivity contribution in [2.24, 2.45) is 0 Å². The van der Waals surface area contributed by atoms with Crippen molar-refractivity contribution >= 4 is 61.5 Å². The molecular formula is C21H16Br2N2O4. The summed E-state index contributed by atoms with van der Waals surface area (Å²) in [4.78, 5) is 38.6. The van der Waals surface area contributed by atoms with Gasteiger partial charge in [0.15, 0.2) is 0 Å². The highest BCUT2D eigenvalue weighted by Crippen LogP contribution is 2.32. The first-order valence-electron chi connectivity index (χ1n) is 8.52. The van der Waals surface area contributed by atoms with Gasteiger partial charge in [0.2, 0.25) is 0 Å². The number of barbiturate groups is 1. The fraction of sp³-hybridized carbons (Fsp3) is 0.0952. The highest BCUT2D eigenvalue weighted by molar-refractivity contribution is 9.10. The van der Waals surface area contributed by atoms with Gasteiger partial charge < -0.3 is 5.11 Å². The molecule has 1 aliphatic rings. The zero-order valence-corrected chi connectivity index (χ0v) is 18.5. The van der Waals surface area contributed by atoms with Gasteiger partial charge in [-0.15, -0.1) is 6.58 Å². The number of carbonyl (C=O) groups excluding carboxylic acids is 3. The van der Waals surface area contributed by atoms with E-state index in [9.17, 15) is 19.5 Å². The highest BCUT2D eigenvalue weighted by Gasteiger charge is 2.37. The average molecular weight is 520 g/mol. The molecule has 1 heterocycles. The van der Waals surface area contributed by atoms with Crippen molar-refractivity contribution in [3.8, 4) is 5.75 Å². The van der Waals surface area contributed by atoms with Crippen LogP contribution in [0.15, 0.2) is 57.5 Å². The lowest BCUT2D eigenvalue weighted by molar-refractivity contribution is -0.122. The maximum Gasteiger partial charge on any atom is 0.335 e. The number of rotatable bonds is 4. The minimum Gasteiger partial charge on any atom is -0.506 e. The van der Waals surface area contributed by atoms with Gasteiger partial charge in [-0.2, -0.15) is 0 Å². The number of benzene rings is 2. The van der Waals surface area contributed by atoms with Gasteiger partial charge in [-0.1, -0.05) is 22.0 Å². The fourth-order valence-corrected chi connectivity index (χ4v) is 3.67. The molecule has 0 atom stereocenters. The molecule has 0 aromatic heterocycles. The molecule has 1 fully saturated rings. The Morgan fingerprint density at radius 3 is 2.52 bits per heavy atom. The molecule has 1 aliphatic heterocycles. The number of phenols is 1. The Kier molecular flexibility index (Phi) is 6.04. The molecule has 0 bridgehead atoms. The van der Waals surface area contributed by atoms with E-state index in [2.05, 4.69) is 43.8 Å². The average Bonchev–Trinajstić information content (AvgIpc) is 2.65. The number of nitrogens with one attached hydrogen (secondary N) is 1.